The molecule has 10 atom stereocenters. The Morgan fingerprint density at radius 2 is 1.69 bits per heavy atom. The van der Waals surface area contributed by atoms with Crippen molar-refractivity contribution in [1.29, 1.82) is 0 Å². The molecule has 0 unspecified atom stereocenters. The number of hydrogen-bond acceptors (Lipinski definition) is 3. The van der Waals surface area contributed by atoms with Crippen LogP contribution in [-0.2, 0) is 0 Å². The van der Waals surface area contributed by atoms with Crippen LogP contribution in [0.3, 0.4) is 0 Å². The van der Waals surface area contributed by atoms with Gasteiger partial charge < -0.3 is 15.3 Å². The zero-order chi connectivity index (χ0) is 23.3. The van der Waals surface area contributed by atoms with Crippen LogP contribution in [-0.4, -0.2) is 34.1 Å². The third-order valence-electron chi connectivity index (χ3n) is 12.4. The molecule has 0 aliphatic heterocycles. The van der Waals surface area contributed by atoms with Crippen LogP contribution in [0.4, 0.5) is 0 Å². The summed E-state index contributed by atoms with van der Waals surface area (Å²) in [5.74, 6) is 2.12. The Morgan fingerprint density at radius 3 is 2.38 bits per heavy atom. The summed E-state index contributed by atoms with van der Waals surface area (Å²) in [5, 5.41) is 32.2. The number of fused-ring (bicyclic) bond motifs is 6. The van der Waals surface area contributed by atoms with Crippen LogP contribution < -0.4 is 0 Å². The highest BCUT2D eigenvalue weighted by Crippen LogP contribution is 2.73. The van der Waals surface area contributed by atoms with Gasteiger partial charge in [-0.05, 0) is 102 Å². The molecule has 180 valence electrons. The Hall–Kier alpha value is -0.640. The monoisotopic (exact) mass is 442 g/mol. The summed E-state index contributed by atoms with van der Waals surface area (Å²) in [4.78, 5) is 0. The van der Waals surface area contributed by atoms with E-state index in [1.165, 1.54) is 25.7 Å². The molecule has 5 aliphatic carbocycles. The van der Waals surface area contributed by atoms with Crippen molar-refractivity contribution in [3.63, 3.8) is 0 Å². The molecule has 0 amide bonds. The van der Waals surface area contributed by atoms with Crippen molar-refractivity contribution in [2.24, 2.45) is 45.3 Å². The van der Waals surface area contributed by atoms with Crippen molar-refractivity contribution in [3.8, 4) is 0 Å². The molecule has 0 bridgehead atoms. The van der Waals surface area contributed by atoms with Crippen LogP contribution in [0.2, 0.25) is 0 Å². The van der Waals surface area contributed by atoms with Gasteiger partial charge >= 0.3 is 0 Å². The lowest BCUT2D eigenvalue weighted by molar-refractivity contribution is -0.239. The fraction of sp³-hybridized carbons (Fsp3) is 0.862. The zero-order valence-corrected chi connectivity index (χ0v) is 21.2. The molecule has 3 heteroatoms. The third-order valence-corrected chi connectivity index (χ3v) is 12.4. The standard InChI is InChI=1S/C29H46O3/c1-17-7-8-19-11-13-28(5)20(24(19)18(17)2)9-10-23-26(3)15-21(31)25(32)27(4,16-30)22(26)12-14-29(23,28)6/h9,17-18,21-23,25,30-32H,7-8,10-16H2,1-6H3/t17-,18+,21-,22-,23-,25+,26+,27+,28-,29-/m1/s1. The predicted molar refractivity (Wildman–Crippen MR) is 129 cm³/mol. The molecule has 0 spiro atoms. The molecular formula is C29H46O3. The molecule has 0 saturated heterocycles. The molecular weight excluding hydrogens is 396 g/mol. The second kappa shape index (κ2) is 7.18. The lowest BCUT2D eigenvalue weighted by atomic mass is 9.35. The first-order chi connectivity index (χ1) is 14.9. The molecule has 2 fully saturated rings. The van der Waals surface area contributed by atoms with E-state index < -0.39 is 17.6 Å². The first-order valence-electron chi connectivity index (χ1n) is 13.3. The Bertz CT molecular complexity index is 858. The van der Waals surface area contributed by atoms with Crippen LogP contribution in [0.5, 0.6) is 0 Å². The molecule has 0 aromatic carbocycles. The summed E-state index contributed by atoms with van der Waals surface area (Å²) >= 11 is 0. The molecule has 5 aliphatic rings. The average Bonchev–Trinajstić information content (AvgIpc) is 2.75. The highest BCUT2D eigenvalue weighted by molar-refractivity contribution is 5.49. The molecule has 32 heavy (non-hydrogen) atoms. The maximum atomic E-state index is 11.0. The van der Waals surface area contributed by atoms with Gasteiger partial charge in [0.05, 0.1) is 18.8 Å². The summed E-state index contributed by atoms with van der Waals surface area (Å²) in [7, 11) is 0. The van der Waals surface area contributed by atoms with Gasteiger partial charge in [-0.3, -0.25) is 0 Å². The van der Waals surface area contributed by atoms with Crippen molar-refractivity contribution in [2.75, 3.05) is 6.61 Å². The molecule has 3 N–H and O–H groups in total. The number of aliphatic hydroxyl groups is 3. The lowest BCUT2D eigenvalue weighted by Gasteiger charge is -2.70. The first kappa shape index (κ1) is 23.1. The fourth-order valence-corrected chi connectivity index (χ4v) is 9.97. The molecule has 0 aromatic rings. The van der Waals surface area contributed by atoms with Gasteiger partial charge in [0, 0.05) is 5.41 Å². The third kappa shape index (κ3) is 2.65. The molecule has 0 aromatic heterocycles. The van der Waals surface area contributed by atoms with E-state index in [0.717, 1.165) is 25.2 Å². The van der Waals surface area contributed by atoms with E-state index in [1.54, 1.807) is 16.7 Å². The van der Waals surface area contributed by atoms with Crippen molar-refractivity contribution in [1.82, 2.24) is 0 Å². The van der Waals surface area contributed by atoms with Crippen molar-refractivity contribution in [2.45, 2.75) is 105 Å². The summed E-state index contributed by atoms with van der Waals surface area (Å²) in [5.41, 5.74) is 4.77. The van der Waals surface area contributed by atoms with E-state index in [-0.39, 0.29) is 28.8 Å². The minimum absolute atomic E-state index is 0.0566. The van der Waals surface area contributed by atoms with Crippen LogP contribution in [0.1, 0.15) is 92.9 Å². The SMILES string of the molecule is C[C@@H]1CCC2=C(C3=CC[C@@H]4[C@@]5(C)C[C@@H](O)[C@H](O)[C@@](C)(CO)[C@@H]5CC[C@@]4(C)[C@]3(C)CC2)[C@H]1C. The second-order valence-electron chi connectivity index (χ2n) is 13.5. The maximum absolute atomic E-state index is 11.0. The summed E-state index contributed by atoms with van der Waals surface area (Å²) in [6.45, 7) is 14.4. The van der Waals surface area contributed by atoms with Gasteiger partial charge in [-0.15, -0.1) is 0 Å². The molecule has 2 saturated carbocycles. The first-order valence-corrected chi connectivity index (χ1v) is 13.3. The average molecular weight is 443 g/mol. The van der Waals surface area contributed by atoms with Gasteiger partial charge in [-0.25, -0.2) is 0 Å². The van der Waals surface area contributed by atoms with Crippen LogP contribution in [0, 0.1) is 45.3 Å². The van der Waals surface area contributed by atoms with Gasteiger partial charge in [0.25, 0.3) is 0 Å². The smallest absolute Gasteiger partial charge is 0.0877 e. The Balaban J connectivity index is 1.61. The Labute approximate surface area is 195 Å². The fourth-order valence-electron chi connectivity index (χ4n) is 9.97. The number of hydrogen-bond donors (Lipinski definition) is 3. The van der Waals surface area contributed by atoms with Crippen molar-refractivity contribution in [3.05, 3.63) is 22.8 Å². The number of rotatable bonds is 1. The van der Waals surface area contributed by atoms with Crippen LogP contribution in [0.15, 0.2) is 22.8 Å². The van der Waals surface area contributed by atoms with Gasteiger partial charge in [0.1, 0.15) is 0 Å². The lowest BCUT2D eigenvalue weighted by Crippen LogP contribution is -2.67. The minimum Gasteiger partial charge on any atom is -0.396 e. The van der Waals surface area contributed by atoms with Gasteiger partial charge in [0.2, 0.25) is 0 Å². The minimum atomic E-state index is -0.841. The topological polar surface area (TPSA) is 60.7 Å². The van der Waals surface area contributed by atoms with E-state index in [0.29, 0.717) is 18.3 Å². The normalized spacial score (nSPS) is 55.3. The second-order valence-corrected chi connectivity index (χ2v) is 13.5. The number of aliphatic hydroxyl groups excluding tert-OH is 3. The van der Waals surface area contributed by atoms with Crippen LogP contribution in [0.25, 0.3) is 0 Å². The molecule has 0 radical (unpaired) electrons. The largest absolute Gasteiger partial charge is 0.396 e. The van der Waals surface area contributed by atoms with E-state index in [4.69, 9.17) is 0 Å². The van der Waals surface area contributed by atoms with E-state index in [9.17, 15) is 15.3 Å². The quantitative estimate of drug-likeness (QED) is 0.492. The van der Waals surface area contributed by atoms with Crippen molar-refractivity contribution < 1.29 is 15.3 Å². The summed E-state index contributed by atoms with van der Waals surface area (Å²) < 4.78 is 0. The van der Waals surface area contributed by atoms with E-state index in [1.807, 2.05) is 6.92 Å². The van der Waals surface area contributed by atoms with E-state index >= 15 is 0 Å². The number of allylic oxidation sites excluding steroid dienone is 4. The zero-order valence-electron chi connectivity index (χ0n) is 21.2. The molecule has 3 nitrogen and oxygen atoms in total. The van der Waals surface area contributed by atoms with Gasteiger partial charge in [-0.1, -0.05) is 53.2 Å². The highest BCUT2D eigenvalue weighted by atomic mass is 16.3. The molecule has 5 rings (SSSR count). The van der Waals surface area contributed by atoms with E-state index in [2.05, 4.69) is 40.7 Å². The predicted octanol–water partition coefficient (Wildman–Crippen LogP) is 5.64. The Morgan fingerprint density at radius 1 is 0.969 bits per heavy atom. The molecule has 0 heterocycles. The summed E-state index contributed by atoms with van der Waals surface area (Å²) in [6.07, 6.45) is 10.0. The van der Waals surface area contributed by atoms with Crippen molar-refractivity contribution >= 4 is 0 Å². The Kier molecular flexibility index (Phi) is 5.19. The summed E-state index contributed by atoms with van der Waals surface area (Å²) in [6, 6.07) is 0. The highest BCUT2D eigenvalue weighted by Gasteiger charge is 2.68. The van der Waals surface area contributed by atoms with Gasteiger partial charge in [-0.2, -0.15) is 0 Å². The van der Waals surface area contributed by atoms with Crippen LogP contribution >= 0.6 is 0 Å². The maximum Gasteiger partial charge on any atom is 0.0877 e. The van der Waals surface area contributed by atoms with Gasteiger partial charge in [0.15, 0.2) is 0 Å².